The highest BCUT2D eigenvalue weighted by Crippen LogP contribution is 2.46. The highest BCUT2D eigenvalue weighted by Gasteiger charge is 2.42. The monoisotopic (exact) mass is 320 g/mol. The normalized spacial score (nSPS) is 15.5. The minimum Gasteiger partial charge on any atom is -0.493 e. The van der Waals surface area contributed by atoms with E-state index < -0.39 is 0 Å². The maximum Gasteiger partial charge on any atom is 0.261 e. The summed E-state index contributed by atoms with van der Waals surface area (Å²) in [6.07, 6.45) is 3.33. The summed E-state index contributed by atoms with van der Waals surface area (Å²) in [4.78, 5) is 17.1. The first-order chi connectivity index (χ1) is 11.1. The molecule has 1 aromatic heterocycles. The molecule has 1 aliphatic carbocycles. The van der Waals surface area contributed by atoms with Crippen molar-refractivity contribution >= 4 is 10.9 Å². The van der Waals surface area contributed by atoms with E-state index in [0.29, 0.717) is 34.7 Å². The largest absolute Gasteiger partial charge is 0.493 e. The van der Waals surface area contributed by atoms with E-state index in [4.69, 9.17) is 14.2 Å². The van der Waals surface area contributed by atoms with Gasteiger partial charge < -0.3 is 19.3 Å². The second kappa shape index (κ2) is 5.73. The molecule has 0 saturated heterocycles. The molecule has 0 amide bonds. The Hall–Kier alpha value is -2.28. The first-order valence-corrected chi connectivity index (χ1v) is 7.38. The molecule has 0 aliphatic heterocycles. The van der Waals surface area contributed by atoms with E-state index in [1.54, 1.807) is 6.07 Å². The number of ether oxygens (including phenoxy) is 3. The van der Waals surface area contributed by atoms with Crippen molar-refractivity contribution < 1.29 is 19.3 Å². The maximum atomic E-state index is 12.8. The second-order valence-electron chi connectivity index (χ2n) is 5.88. The topological polar surface area (TPSA) is 82.8 Å². The van der Waals surface area contributed by atoms with Crippen molar-refractivity contribution in [3.8, 4) is 17.2 Å². The predicted molar refractivity (Wildman–Crippen MR) is 84.4 cm³/mol. The number of benzene rings is 1. The van der Waals surface area contributed by atoms with Gasteiger partial charge in [0.05, 0.1) is 39.6 Å². The summed E-state index contributed by atoms with van der Waals surface area (Å²) in [5, 5.41) is 9.86. The summed E-state index contributed by atoms with van der Waals surface area (Å²) in [5.74, 6) is 1.19. The standard InChI is InChI=1S/C16H20N2O5/c1-21-11-6-10-12(14(23-3)13(11)22-2)17-9-18(15(10)20)7-16(8-19)4-5-16/h6,9,19H,4-5,7-8H2,1-3H3. The summed E-state index contributed by atoms with van der Waals surface area (Å²) in [6, 6.07) is 1.61. The Labute approximate surface area is 133 Å². The molecule has 1 fully saturated rings. The van der Waals surface area contributed by atoms with E-state index in [1.165, 1.54) is 32.2 Å². The molecule has 0 atom stereocenters. The van der Waals surface area contributed by atoms with Crippen molar-refractivity contribution in [2.75, 3.05) is 27.9 Å². The number of aliphatic hydroxyl groups excluding tert-OH is 1. The van der Waals surface area contributed by atoms with Gasteiger partial charge in [-0.2, -0.15) is 0 Å². The van der Waals surface area contributed by atoms with Crippen molar-refractivity contribution in [3.63, 3.8) is 0 Å². The van der Waals surface area contributed by atoms with Crippen molar-refractivity contribution in [2.45, 2.75) is 19.4 Å². The molecular formula is C16H20N2O5. The van der Waals surface area contributed by atoms with Crippen LogP contribution in [0.4, 0.5) is 0 Å². The van der Waals surface area contributed by atoms with Crippen molar-refractivity contribution in [2.24, 2.45) is 5.41 Å². The first-order valence-electron chi connectivity index (χ1n) is 7.38. The third-order valence-electron chi connectivity index (χ3n) is 4.42. The van der Waals surface area contributed by atoms with Gasteiger partial charge in [-0.3, -0.25) is 9.36 Å². The van der Waals surface area contributed by atoms with Crippen molar-refractivity contribution in [3.05, 3.63) is 22.7 Å². The van der Waals surface area contributed by atoms with Crippen LogP contribution in [-0.4, -0.2) is 42.6 Å². The molecule has 0 unspecified atom stereocenters. The lowest BCUT2D eigenvalue weighted by atomic mass is 10.1. The third kappa shape index (κ3) is 2.50. The Morgan fingerprint density at radius 1 is 1.22 bits per heavy atom. The van der Waals surface area contributed by atoms with Crippen LogP contribution in [0, 0.1) is 5.41 Å². The molecule has 0 radical (unpaired) electrons. The van der Waals surface area contributed by atoms with Gasteiger partial charge in [0.2, 0.25) is 5.75 Å². The van der Waals surface area contributed by atoms with E-state index in [2.05, 4.69) is 4.98 Å². The summed E-state index contributed by atoms with van der Waals surface area (Å²) in [7, 11) is 4.50. The maximum absolute atomic E-state index is 12.8. The van der Waals surface area contributed by atoms with Crippen LogP contribution in [0.25, 0.3) is 10.9 Å². The Bertz CT molecular complexity index is 795. The SMILES string of the molecule is COc1cc2c(=O)n(CC3(CO)CC3)cnc2c(OC)c1OC. The van der Waals surface area contributed by atoms with Crippen LogP contribution >= 0.6 is 0 Å². The summed E-state index contributed by atoms with van der Waals surface area (Å²) in [5.41, 5.74) is 0.0639. The number of aliphatic hydroxyl groups is 1. The lowest BCUT2D eigenvalue weighted by molar-refractivity contribution is 0.193. The molecule has 1 heterocycles. The Kier molecular flexibility index (Phi) is 3.89. The zero-order valence-corrected chi connectivity index (χ0v) is 13.5. The van der Waals surface area contributed by atoms with Gasteiger partial charge in [-0.05, 0) is 18.9 Å². The second-order valence-corrected chi connectivity index (χ2v) is 5.88. The van der Waals surface area contributed by atoms with E-state index in [1.807, 2.05) is 0 Å². The lowest BCUT2D eigenvalue weighted by Gasteiger charge is -2.16. The van der Waals surface area contributed by atoms with Gasteiger partial charge in [0.1, 0.15) is 5.52 Å². The van der Waals surface area contributed by atoms with Crippen LogP contribution < -0.4 is 19.8 Å². The molecule has 7 nitrogen and oxygen atoms in total. The van der Waals surface area contributed by atoms with Gasteiger partial charge in [-0.15, -0.1) is 0 Å². The molecular weight excluding hydrogens is 300 g/mol. The van der Waals surface area contributed by atoms with Crippen LogP contribution in [0.15, 0.2) is 17.2 Å². The Balaban J connectivity index is 2.19. The number of hydrogen-bond acceptors (Lipinski definition) is 6. The molecule has 3 rings (SSSR count). The van der Waals surface area contributed by atoms with E-state index in [-0.39, 0.29) is 17.6 Å². The summed E-state index contributed by atoms with van der Waals surface area (Å²) >= 11 is 0. The molecule has 124 valence electrons. The zero-order chi connectivity index (χ0) is 16.6. The molecule has 7 heteroatoms. The number of methoxy groups -OCH3 is 3. The molecule has 1 aliphatic rings. The molecule has 1 aromatic carbocycles. The van der Waals surface area contributed by atoms with E-state index in [0.717, 1.165) is 12.8 Å². The molecule has 0 bridgehead atoms. The van der Waals surface area contributed by atoms with Crippen LogP contribution in [0.3, 0.4) is 0 Å². The molecule has 1 saturated carbocycles. The van der Waals surface area contributed by atoms with Gasteiger partial charge in [0.25, 0.3) is 5.56 Å². The summed E-state index contributed by atoms with van der Waals surface area (Å²) in [6.45, 7) is 0.536. The van der Waals surface area contributed by atoms with Crippen LogP contribution in [-0.2, 0) is 6.54 Å². The minimum atomic E-state index is -0.186. The fraction of sp³-hybridized carbons (Fsp3) is 0.500. The van der Waals surface area contributed by atoms with Crippen molar-refractivity contribution in [1.82, 2.24) is 9.55 Å². The quantitative estimate of drug-likeness (QED) is 0.861. The zero-order valence-electron chi connectivity index (χ0n) is 13.5. The molecule has 23 heavy (non-hydrogen) atoms. The fourth-order valence-electron chi connectivity index (χ4n) is 2.78. The number of hydrogen-bond donors (Lipinski definition) is 1. The lowest BCUT2D eigenvalue weighted by Crippen LogP contribution is -2.27. The first kappa shape index (κ1) is 15.6. The number of nitrogens with zero attached hydrogens (tertiary/aromatic N) is 2. The van der Waals surface area contributed by atoms with E-state index in [9.17, 15) is 9.90 Å². The van der Waals surface area contributed by atoms with Gasteiger partial charge in [0, 0.05) is 12.0 Å². The van der Waals surface area contributed by atoms with E-state index >= 15 is 0 Å². The third-order valence-corrected chi connectivity index (χ3v) is 4.42. The van der Waals surface area contributed by atoms with Crippen molar-refractivity contribution in [1.29, 1.82) is 0 Å². The number of aromatic nitrogens is 2. The number of fused-ring (bicyclic) bond motifs is 1. The fourth-order valence-corrected chi connectivity index (χ4v) is 2.78. The molecule has 0 spiro atoms. The van der Waals surface area contributed by atoms with Gasteiger partial charge >= 0.3 is 0 Å². The van der Waals surface area contributed by atoms with Crippen LogP contribution in [0.1, 0.15) is 12.8 Å². The van der Waals surface area contributed by atoms with Gasteiger partial charge in [-0.1, -0.05) is 0 Å². The highest BCUT2D eigenvalue weighted by molar-refractivity contribution is 5.89. The Morgan fingerprint density at radius 2 is 1.91 bits per heavy atom. The van der Waals surface area contributed by atoms with Crippen LogP contribution in [0.5, 0.6) is 17.2 Å². The highest BCUT2D eigenvalue weighted by atomic mass is 16.5. The molecule has 1 N–H and O–H groups in total. The van der Waals surface area contributed by atoms with Gasteiger partial charge in [0.15, 0.2) is 11.5 Å². The smallest absolute Gasteiger partial charge is 0.261 e. The van der Waals surface area contributed by atoms with Crippen LogP contribution in [0.2, 0.25) is 0 Å². The average Bonchev–Trinajstić information content (AvgIpc) is 3.35. The molecule has 2 aromatic rings. The van der Waals surface area contributed by atoms with Gasteiger partial charge in [-0.25, -0.2) is 4.98 Å². The predicted octanol–water partition coefficient (Wildman–Crippen LogP) is 1.19. The minimum absolute atomic E-state index is 0.0761. The summed E-state index contributed by atoms with van der Waals surface area (Å²) < 4.78 is 17.5. The average molecular weight is 320 g/mol. The number of rotatable bonds is 6. The Morgan fingerprint density at radius 3 is 2.43 bits per heavy atom.